The van der Waals surface area contributed by atoms with Crippen LogP contribution in [0.2, 0.25) is 0 Å². The van der Waals surface area contributed by atoms with Crippen molar-refractivity contribution in [1.82, 2.24) is 14.8 Å². The zero-order valence-electron chi connectivity index (χ0n) is 16.5. The molecule has 0 unspecified atom stereocenters. The maximum absolute atomic E-state index is 11.5. The predicted octanol–water partition coefficient (Wildman–Crippen LogP) is 4.67. The van der Waals surface area contributed by atoms with Gasteiger partial charge in [-0.3, -0.25) is 15.1 Å². The summed E-state index contributed by atoms with van der Waals surface area (Å²) in [5.41, 5.74) is 5.03. The van der Waals surface area contributed by atoms with Gasteiger partial charge in [0.1, 0.15) is 6.04 Å². The third-order valence-electron chi connectivity index (χ3n) is 4.80. The van der Waals surface area contributed by atoms with Crippen LogP contribution >= 0.6 is 0 Å². The molecule has 2 aromatic heterocycles. The molecule has 0 saturated heterocycles. The molecule has 0 bridgehead atoms. The Kier molecular flexibility index (Phi) is 5.52. The molecular weight excluding hydrogens is 378 g/mol. The molecule has 0 aliphatic heterocycles. The Morgan fingerprint density at radius 2 is 1.83 bits per heavy atom. The Bertz CT molecular complexity index is 1130. The molecule has 4 aromatic rings. The summed E-state index contributed by atoms with van der Waals surface area (Å²) in [4.78, 5) is 15.4. The van der Waals surface area contributed by atoms with Crippen molar-refractivity contribution >= 4 is 5.69 Å². The fourth-order valence-corrected chi connectivity index (χ4v) is 3.30. The molecule has 0 spiro atoms. The number of aromatic nitrogens is 3. The molecule has 0 aliphatic rings. The first kappa shape index (κ1) is 19.3. The summed E-state index contributed by atoms with van der Waals surface area (Å²) in [5, 5.41) is 19.5. The van der Waals surface area contributed by atoms with E-state index in [4.69, 9.17) is 5.10 Å². The largest absolute Gasteiger partial charge is 0.372 e. The van der Waals surface area contributed by atoms with Crippen molar-refractivity contribution in [3.05, 3.63) is 107 Å². The van der Waals surface area contributed by atoms with E-state index in [1.807, 2.05) is 79.9 Å². The number of pyridine rings is 1. The smallest absolute Gasteiger partial charge is 0.228 e. The Hall–Kier alpha value is -4.00. The normalized spacial score (nSPS) is 11.8. The highest BCUT2D eigenvalue weighted by Crippen LogP contribution is 2.30. The number of hydrogen-bond donors (Lipinski definition) is 1. The van der Waals surface area contributed by atoms with Gasteiger partial charge in [-0.15, -0.1) is 0 Å². The molecule has 7 heteroatoms. The van der Waals surface area contributed by atoms with Gasteiger partial charge >= 0.3 is 0 Å². The van der Waals surface area contributed by atoms with Crippen LogP contribution in [0.3, 0.4) is 0 Å². The minimum Gasteiger partial charge on any atom is -0.372 e. The van der Waals surface area contributed by atoms with Crippen LogP contribution in [-0.2, 0) is 0 Å². The van der Waals surface area contributed by atoms with Crippen LogP contribution in [0, 0.1) is 17.0 Å². The van der Waals surface area contributed by atoms with Gasteiger partial charge in [0.15, 0.2) is 0 Å². The molecule has 7 nitrogen and oxygen atoms in total. The highest BCUT2D eigenvalue weighted by molar-refractivity contribution is 5.64. The van der Waals surface area contributed by atoms with E-state index < -0.39 is 6.04 Å². The molecule has 30 heavy (non-hydrogen) atoms. The molecule has 1 N–H and O–H groups in total. The number of benzene rings is 2. The second kappa shape index (κ2) is 8.57. The van der Waals surface area contributed by atoms with E-state index in [0.717, 1.165) is 28.1 Å². The number of aryl methyl sites for hydroxylation is 1. The number of nitrogens with zero attached hydrogens (tertiary/aromatic N) is 4. The topological polar surface area (TPSA) is 85.9 Å². The van der Waals surface area contributed by atoms with Crippen molar-refractivity contribution in [1.29, 1.82) is 0 Å². The number of para-hydroxylation sites is 1. The first-order chi connectivity index (χ1) is 14.6. The highest BCUT2D eigenvalue weighted by Gasteiger charge is 2.25. The number of hydrogen-bond acceptors (Lipinski definition) is 5. The molecule has 0 amide bonds. The molecule has 4 rings (SSSR count). The fraction of sp³-hybridized carbons (Fsp3) is 0.130. The van der Waals surface area contributed by atoms with Crippen LogP contribution in [0.1, 0.15) is 17.2 Å². The van der Waals surface area contributed by atoms with E-state index in [0.29, 0.717) is 5.69 Å². The summed E-state index contributed by atoms with van der Waals surface area (Å²) in [7, 11) is 0. The van der Waals surface area contributed by atoms with Gasteiger partial charge in [0, 0.05) is 40.3 Å². The Labute approximate surface area is 174 Å². The second-order valence-corrected chi connectivity index (χ2v) is 7.03. The molecule has 0 radical (unpaired) electrons. The summed E-state index contributed by atoms with van der Waals surface area (Å²) in [6.45, 7) is 1.73. The van der Waals surface area contributed by atoms with Crippen LogP contribution in [0.5, 0.6) is 0 Å². The van der Waals surface area contributed by atoms with Crippen molar-refractivity contribution < 1.29 is 4.92 Å². The van der Waals surface area contributed by atoms with Gasteiger partial charge in [-0.05, 0) is 43.3 Å². The van der Waals surface area contributed by atoms with Crippen LogP contribution in [0.25, 0.3) is 16.9 Å². The summed E-state index contributed by atoms with van der Waals surface area (Å²) >= 11 is 0. The second-order valence-electron chi connectivity index (χ2n) is 7.03. The molecule has 150 valence electrons. The lowest BCUT2D eigenvalue weighted by Gasteiger charge is -2.16. The number of nitro groups is 1. The van der Waals surface area contributed by atoms with Gasteiger partial charge in [-0.1, -0.05) is 35.9 Å². The summed E-state index contributed by atoms with van der Waals surface area (Å²) in [6.07, 6.45) is 5.26. The van der Waals surface area contributed by atoms with Gasteiger partial charge in [-0.2, -0.15) is 5.10 Å². The van der Waals surface area contributed by atoms with E-state index in [2.05, 4.69) is 10.3 Å². The average molecular weight is 399 g/mol. The SMILES string of the molecule is Cc1ccc(N[C@H](C[N+](=O)[O-])c2cn(-c3ccccc3)nc2-c2cccnc2)cc1. The molecule has 2 aromatic carbocycles. The first-order valence-corrected chi connectivity index (χ1v) is 9.60. The minimum absolute atomic E-state index is 0.276. The Morgan fingerprint density at radius 1 is 1.07 bits per heavy atom. The van der Waals surface area contributed by atoms with E-state index in [9.17, 15) is 10.1 Å². The van der Waals surface area contributed by atoms with Crippen molar-refractivity contribution in [3.63, 3.8) is 0 Å². The molecule has 0 fully saturated rings. The highest BCUT2D eigenvalue weighted by atomic mass is 16.6. The maximum atomic E-state index is 11.5. The zero-order chi connectivity index (χ0) is 20.9. The summed E-state index contributed by atoms with van der Waals surface area (Å²) < 4.78 is 1.75. The number of rotatable bonds is 7. The maximum Gasteiger partial charge on any atom is 0.228 e. The lowest BCUT2D eigenvalue weighted by atomic mass is 10.0. The summed E-state index contributed by atoms with van der Waals surface area (Å²) in [5.74, 6) is 0. The van der Waals surface area contributed by atoms with Crippen LogP contribution in [0.15, 0.2) is 85.3 Å². The van der Waals surface area contributed by atoms with Crippen molar-refractivity contribution in [3.8, 4) is 16.9 Å². The molecule has 2 heterocycles. The van der Waals surface area contributed by atoms with Gasteiger partial charge in [0.25, 0.3) is 0 Å². The molecule has 1 atom stereocenters. The Morgan fingerprint density at radius 3 is 2.50 bits per heavy atom. The van der Waals surface area contributed by atoms with Crippen LogP contribution in [0.4, 0.5) is 5.69 Å². The van der Waals surface area contributed by atoms with E-state index in [1.165, 1.54) is 0 Å². The Balaban J connectivity index is 1.80. The number of nitrogens with one attached hydrogen (secondary N) is 1. The fourth-order valence-electron chi connectivity index (χ4n) is 3.30. The van der Waals surface area contributed by atoms with Gasteiger partial charge in [0.2, 0.25) is 6.54 Å². The van der Waals surface area contributed by atoms with Crippen LogP contribution in [-0.4, -0.2) is 26.2 Å². The van der Waals surface area contributed by atoms with Crippen molar-refractivity contribution in [2.75, 3.05) is 11.9 Å². The third kappa shape index (κ3) is 4.35. The standard InChI is InChI=1S/C23H21N5O2/c1-17-9-11-19(12-10-17)25-22(16-28(29)30)21-15-27(20-7-3-2-4-8-20)26-23(21)18-6-5-13-24-14-18/h2-15,22,25H,16H2,1H3/t22-/m1/s1. The van der Waals surface area contributed by atoms with Crippen LogP contribution < -0.4 is 5.32 Å². The van der Waals surface area contributed by atoms with Gasteiger partial charge in [0.05, 0.1) is 11.4 Å². The van der Waals surface area contributed by atoms with E-state index in [1.54, 1.807) is 17.1 Å². The lowest BCUT2D eigenvalue weighted by molar-refractivity contribution is -0.482. The number of anilines is 1. The van der Waals surface area contributed by atoms with Crippen molar-refractivity contribution in [2.24, 2.45) is 0 Å². The molecular formula is C23H21N5O2. The molecule has 0 saturated carbocycles. The quantitative estimate of drug-likeness (QED) is 0.360. The van der Waals surface area contributed by atoms with E-state index in [-0.39, 0.29) is 11.5 Å². The molecule has 0 aliphatic carbocycles. The van der Waals surface area contributed by atoms with Gasteiger partial charge in [-0.25, -0.2) is 4.68 Å². The van der Waals surface area contributed by atoms with Crippen molar-refractivity contribution in [2.45, 2.75) is 13.0 Å². The monoisotopic (exact) mass is 399 g/mol. The lowest BCUT2D eigenvalue weighted by Crippen LogP contribution is -2.20. The van der Waals surface area contributed by atoms with E-state index >= 15 is 0 Å². The third-order valence-corrected chi connectivity index (χ3v) is 4.80. The summed E-state index contributed by atoms with van der Waals surface area (Å²) in [6, 6.07) is 20.7. The van der Waals surface area contributed by atoms with Gasteiger partial charge < -0.3 is 5.32 Å². The first-order valence-electron chi connectivity index (χ1n) is 9.60. The average Bonchev–Trinajstić information content (AvgIpc) is 3.21. The minimum atomic E-state index is -0.560. The predicted molar refractivity (Wildman–Crippen MR) is 116 cm³/mol. The zero-order valence-corrected chi connectivity index (χ0v) is 16.5.